The fourth-order valence-electron chi connectivity index (χ4n) is 10.9. The molecule has 3 aliphatic carbocycles. The van der Waals surface area contributed by atoms with Gasteiger partial charge < -0.3 is 4.90 Å². The number of benzene rings is 8. The van der Waals surface area contributed by atoms with Crippen LogP contribution in [0.5, 0.6) is 0 Å². The zero-order valence-electron chi connectivity index (χ0n) is 29.9. The van der Waals surface area contributed by atoms with E-state index in [1.54, 1.807) is 0 Å². The van der Waals surface area contributed by atoms with Crippen molar-refractivity contribution in [2.45, 2.75) is 36.5 Å². The standard InChI is InChI=1S/C52H37NS/c1-2-14-37-34(12-1)13-11-22-48(37)53(35-25-27-50-43(32-35)42-18-6-10-23-49(42)54-50)36-24-26-41-40-17-5-9-21-46(40)52(47(41)33-36)30-28-51(29-31-52)44-19-7-3-15-38(44)39-16-4-8-20-45(39)51/h1-27,32-33H,28-31H2. The molecule has 0 radical (unpaired) electrons. The second kappa shape index (κ2) is 11.3. The van der Waals surface area contributed by atoms with Gasteiger partial charge in [0.25, 0.3) is 0 Å². The van der Waals surface area contributed by atoms with E-state index in [4.69, 9.17) is 0 Å². The number of fused-ring (bicyclic) bond motifs is 14. The molecular weight excluding hydrogens is 671 g/mol. The molecule has 54 heavy (non-hydrogen) atoms. The second-order valence-corrected chi connectivity index (χ2v) is 16.7. The summed E-state index contributed by atoms with van der Waals surface area (Å²) in [5.41, 5.74) is 15.3. The van der Waals surface area contributed by atoms with Crippen LogP contribution >= 0.6 is 11.3 Å². The van der Waals surface area contributed by atoms with Crippen LogP contribution in [0.4, 0.5) is 17.1 Å². The minimum absolute atomic E-state index is 0.0440. The van der Waals surface area contributed by atoms with Crippen LogP contribution in [0.1, 0.15) is 47.9 Å². The molecule has 3 aliphatic rings. The summed E-state index contributed by atoms with van der Waals surface area (Å²) >= 11 is 1.88. The van der Waals surface area contributed by atoms with Gasteiger partial charge in [-0.2, -0.15) is 0 Å². The van der Waals surface area contributed by atoms with Crippen LogP contribution in [-0.4, -0.2) is 0 Å². The summed E-state index contributed by atoms with van der Waals surface area (Å²) in [6, 6.07) is 66.6. The first-order valence-electron chi connectivity index (χ1n) is 19.4. The topological polar surface area (TPSA) is 3.24 Å². The molecule has 0 atom stereocenters. The third-order valence-electron chi connectivity index (χ3n) is 13.3. The maximum atomic E-state index is 2.57. The van der Waals surface area contributed by atoms with E-state index in [1.807, 2.05) is 11.3 Å². The van der Waals surface area contributed by atoms with E-state index in [2.05, 4.69) is 181 Å². The third-order valence-corrected chi connectivity index (χ3v) is 14.4. The summed E-state index contributed by atoms with van der Waals surface area (Å²) in [5.74, 6) is 0. The molecule has 1 nitrogen and oxygen atoms in total. The molecule has 0 saturated heterocycles. The molecule has 256 valence electrons. The van der Waals surface area contributed by atoms with Crippen LogP contribution in [0.3, 0.4) is 0 Å². The number of hydrogen-bond acceptors (Lipinski definition) is 2. The van der Waals surface area contributed by atoms with E-state index in [-0.39, 0.29) is 10.8 Å². The van der Waals surface area contributed by atoms with Gasteiger partial charge in [-0.1, -0.05) is 133 Å². The fourth-order valence-corrected chi connectivity index (χ4v) is 11.9. The van der Waals surface area contributed by atoms with E-state index in [0.29, 0.717) is 0 Å². The lowest BCUT2D eigenvalue weighted by molar-refractivity contribution is 0.265. The first kappa shape index (κ1) is 30.5. The Bertz CT molecular complexity index is 2920. The van der Waals surface area contributed by atoms with Crippen LogP contribution < -0.4 is 4.90 Å². The Labute approximate surface area is 319 Å². The molecule has 0 amide bonds. The van der Waals surface area contributed by atoms with Crippen molar-refractivity contribution in [2.75, 3.05) is 4.90 Å². The molecular formula is C52H37NS. The van der Waals surface area contributed by atoms with E-state index in [9.17, 15) is 0 Å². The minimum atomic E-state index is -0.0440. The quantitative estimate of drug-likeness (QED) is 0.177. The van der Waals surface area contributed by atoms with Crippen molar-refractivity contribution in [2.24, 2.45) is 0 Å². The predicted octanol–water partition coefficient (Wildman–Crippen LogP) is 14.5. The molecule has 1 saturated carbocycles. The van der Waals surface area contributed by atoms with Gasteiger partial charge in [-0.3, -0.25) is 0 Å². The molecule has 0 N–H and O–H groups in total. The van der Waals surface area contributed by atoms with Gasteiger partial charge in [0.2, 0.25) is 0 Å². The molecule has 2 heteroatoms. The van der Waals surface area contributed by atoms with Crippen molar-refractivity contribution in [3.63, 3.8) is 0 Å². The maximum Gasteiger partial charge on any atom is 0.0540 e. The lowest BCUT2D eigenvalue weighted by Gasteiger charge is -2.45. The van der Waals surface area contributed by atoms with Crippen molar-refractivity contribution in [3.05, 3.63) is 198 Å². The average Bonchev–Trinajstić information content (AvgIpc) is 3.84. The maximum absolute atomic E-state index is 2.57. The number of hydrogen-bond donors (Lipinski definition) is 0. The first-order chi connectivity index (χ1) is 26.7. The Hall–Kier alpha value is -5.96. The highest BCUT2D eigenvalue weighted by Crippen LogP contribution is 2.64. The van der Waals surface area contributed by atoms with Crippen LogP contribution in [0.25, 0.3) is 53.2 Å². The molecule has 8 aromatic carbocycles. The van der Waals surface area contributed by atoms with Crippen molar-refractivity contribution in [1.82, 2.24) is 0 Å². The molecule has 2 spiro atoms. The summed E-state index contributed by atoms with van der Waals surface area (Å²) < 4.78 is 2.66. The monoisotopic (exact) mass is 707 g/mol. The summed E-state index contributed by atoms with van der Waals surface area (Å²) in [6.07, 6.45) is 4.50. The first-order valence-corrected chi connectivity index (χ1v) is 20.2. The summed E-state index contributed by atoms with van der Waals surface area (Å²) in [5, 5.41) is 5.15. The van der Waals surface area contributed by atoms with Crippen LogP contribution in [0.15, 0.2) is 176 Å². The Morgan fingerprint density at radius 1 is 0.370 bits per heavy atom. The zero-order valence-corrected chi connectivity index (χ0v) is 30.7. The van der Waals surface area contributed by atoms with Gasteiger partial charge in [0.1, 0.15) is 0 Å². The molecule has 1 fully saturated rings. The summed E-state index contributed by atoms with van der Waals surface area (Å²) in [7, 11) is 0. The molecule has 1 aromatic heterocycles. The van der Waals surface area contributed by atoms with Crippen LogP contribution in [-0.2, 0) is 10.8 Å². The van der Waals surface area contributed by atoms with E-state index >= 15 is 0 Å². The van der Waals surface area contributed by atoms with Crippen molar-refractivity contribution in [3.8, 4) is 22.3 Å². The van der Waals surface area contributed by atoms with E-state index in [1.165, 1.54) is 92.5 Å². The second-order valence-electron chi connectivity index (χ2n) is 15.6. The van der Waals surface area contributed by atoms with Crippen LogP contribution in [0, 0.1) is 0 Å². The summed E-state index contributed by atoms with van der Waals surface area (Å²) in [6.45, 7) is 0. The normalized spacial score (nSPS) is 15.8. The summed E-state index contributed by atoms with van der Waals surface area (Å²) in [4.78, 5) is 2.53. The van der Waals surface area contributed by atoms with Gasteiger partial charge in [-0.05, 0) is 118 Å². The van der Waals surface area contributed by atoms with Gasteiger partial charge in [-0.15, -0.1) is 11.3 Å². The van der Waals surface area contributed by atoms with E-state index < -0.39 is 0 Å². The Kier molecular flexibility index (Phi) is 6.37. The SMILES string of the molecule is c1ccc2c(c1)-c1ccccc1C21CCC2(CC1)c1ccccc1-c1ccc(N(c3ccc4sc5ccccc5c4c3)c3cccc4ccccc34)cc12. The Morgan fingerprint density at radius 2 is 0.870 bits per heavy atom. The van der Waals surface area contributed by atoms with Gasteiger partial charge in [0.15, 0.2) is 0 Å². The zero-order chi connectivity index (χ0) is 35.4. The largest absolute Gasteiger partial charge is 0.310 e. The molecule has 0 unspecified atom stereocenters. The predicted molar refractivity (Wildman–Crippen MR) is 229 cm³/mol. The van der Waals surface area contributed by atoms with Crippen molar-refractivity contribution < 1.29 is 0 Å². The smallest absolute Gasteiger partial charge is 0.0540 e. The number of anilines is 3. The Balaban J connectivity index is 1.05. The molecule has 1 heterocycles. The van der Waals surface area contributed by atoms with Crippen molar-refractivity contribution in [1.29, 1.82) is 0 Å². The van der Waals surface area contributed by atoms with Gasteiger partial charge in [0.05, 0.1) is 5.69 Å². The number of thiophene rings is 1. The highest BCUT2D eigenvalue weighted by atomic mass is 32.1. The van der Waals surface area contributed by atoms with Crippen molar-refractivity contribution >= 4 is 59.3 Å². The Morgan fingerprint density at radius 3 is 1.57 bits per heavy atom. The highest BCUT2D eigenvalue weighted by Gasteiger charge is 2.53. The molecule has 12 rings (SSSR count). The minimum Gasteiger partial charge on any atom is -0.310 e. The van der Waals surface area contributed by atoms with Gasteiger partial charge in [-0.25, -0.2) is 0 Å². The molecule has 9 aromatic rings. The third kappa shape index (κ3) is 4.09. The van der Waals surface area contributed by atoms with E-state index in [0.717, 1.165) is 25.7 Å². The lowest BCUT2D eigenvalue weighted by Crippen LogP contribution is -2.39. The van der Waals surface area contributed by atoms with Gasteiger partial charge in [0, 0.05) is 47.8 Å². The van der Waals surface area contributed by atoms with Crippen LogP contribution in [0.2, 0.25) is 0 Å². The molecule has 0 bridgehead atoms. The van der Waals surface area contributed by atoms with Gasteiger partial charge >= 0.3 is 0 Å². The highest BCUT2D eigenvalue weighted by molar-refractivity contribution is 7.25. The number of nitrogens with zero attached hydrogens (tertiary/aromatic N) is 1. The fraction of sp³-hybridized carbons (Fsp3) is 0.115. The molecule has 0 aliphatic heterocycles. The number of rotatable bonds is 3. The lowest BCUT2D eigenvalue weighted by atomic mass is 9.57. The average molecular weight is 708 g/mol.